The van der Waals surface area contributed by atoms with Crippen LogP contribution >= 0.6 is 11.3 Å². The standard InChI is InChI=1S/C33H31F3N4O3S2/c1-32(2,38-20-30(41)25-4-3-17-37-19-25)18-22-5-13-27(14-6-22)40-45(42,43)28-15-9-24(10-16-28)31-39-29(21-44-31)23-7-11-26(12-8-23)33(34,35)36/h3-17,19,21,30,38,40-41H,18,20H2,1-2H3/t30-/m0/s1. The van der Waals surface area contributed by atoms with E-state index in [1.807, 2.05) is 32.0 Å². The highest BCUT2D eigenvalue weighted by molar-refractivity contribution is 7.92. The van der Waals surface area contributed by atoms with Crippen LogP contribution in [0.15, 0.2) is 108 Å². The molecule has 0 unspecified atom stereocenters. The molecule has 0 aliphatic heterocycles. The number of benzene rings is 3. The van der Waals surface area contributed by atoms with E-state index in [-0.39, 0.29) is 10.4 Å². The number of aliphatic hydroxyl groups is 1. The monoisotopic (exact) mass is 652 g/mol. The van der Waals surface area contributed by atoms with E-state index in [0.29, 0.717) is 40.5 Å². The topological polar surface area (TPSA) is 104 Å². The molecule has 0 amide bonds. The van der Waals surface area contributed by atoms with Gasteiger partial charge >= 0.3 is 6.18 Å². The third-order valence-corrected chi connectivity index (χ3v) is 9.41. The van der Waals surface area contributed by atoms with E-state index in [1.54, 1.807) is 48.1 Å². The molecule has 234 valence electrons. The van der Waals surface area contributed by atoms with Crippen LogP contribution in [-0.2, 0) is 22.6 Å². The van der Waals surface area contributed by atoms with E-state index >= 15 is 0 Å². The molecule has 3 aromatic carbocycles. The molecule has 7 nitrogen and oxygen atoms in total. The molecular weight excluding hydrogens is 622 g/mol. The van der Waals surface area contributed by atoms with Gasteiger partial charge in [-0.2, -0.15) is 13.2 Å². The molecule has 12 heteroatoms. The van der Waals surface area contributed by atoms with Crippen LogP contribution in [0.1, 0.15) is 36.6 Å². The average molecular weight is 653 g/mol. The molecule has 2 heterocycles. The largest absolute Gasteiger partial charge is 0.416 e. The van der Waals surface area contributed by atoms with Crippen molar-refractivity contribution in [1.29, 1.82) is 0 Å². The quantitative estimate of drug-likeness (QED) is 0.138. The lowest BCUT2D eigenvalue weighted by Gasteiger charge is -2.28. The predicted octanol–water partition coefficient (Wildman–Crippen LogP) is 7.34. The summed E-state index contributed by atoms with van der Waals surface area (Å²) in [7, 11) is -3.86. The molecule has 0 saturated carbocycles. The van der Waals surface area contributed by atoms with Crippen molar-refractivity contribution in [1.82, 2.24) is 15.3 Å². The zero-order valence-corrected chi connectivity index (χ0v) is 26.0. The van der Waals surface area contributed by atoms with Gasteiger partial charge in [0.2, 0.25) is 0 Å². The highest BCUT2D eigenvalue weighted by Gasteiger charge is 2.30. The van der Waals surface area contributed by atoms with Gasteiger partial charge in [-0.25, -0.2) is 13.4 Å². The summed E-state index contributed by atoms with van der Waals surface area (Å²) in [6, 6.07) is 21.8. The van der Waals surface area contributed by atoms with Crippen LogP contribution in [0.4, 0.5) is 18.9 Å². The summed E-state index contributed by atoms with van der Waals surface area (Å²) in [6.07, 6.45) is -1.15. The number of hydrogen-bond acceptors (Lipinski definition) is 7. The minimum Gasteiger partial charge on any atom is -0.387 e. The minimum absolute atomic E-state index is 0.0763. The van der Waals surface area contributed by atoms with Crippen LogP contribution in [0.3, 0.4) is 0 Å². The molecule has 0 spiro atoms. The SMILES string of the molecule is CC(C)(Cc1ccc(NS(=O)(=O)c2ccc(-c3nc(-c4ccc(C(F)(F)F)cc4)cs3)cc2)cc1)NC[C@H](O)c1cccnc1. The lowest BCUT2D eigenvalue weighted by molar-refractivity contribution is -0.137. The third-order valence-electron chi connectivity index (χ3n) is 7.12. The number of nitrogens with zero attached hydrogens (tertiary/aromatic N) is 2. The van der Waals surface area contributed by atoms with Crippen LogP contribution in [0.5, 0.6) is 0 Å². The van der Waals surface area contributed by atoms with Gasteiger partial charge in [-0.05, 0) is 68.3 Å². The van der Waals surface area contributed by atoms with Crippen LogP contribution < -0.4 is 10.0 Å². The van der Waals surface area contributed by atoms with Gasteiger partial charge < -0.3 is 10.4 Å². The van der Waals surface area contributed by atoms with Gasteiger partial charge in [0.1, 0.15) is 5.01 Å². The lowest BCUT2D eigenvalue weighted by atomic mass is 9.94. The van der Waals surface area contributed by atoms with Crippen molar-refractivity contribution in [2.45, 2.75) is 43.0 Å². The molecule has 0 bridgehead atoms. The minimum atomic E-state index is -4.41. The van der Waals surface area contributed by atoms with Gasteiger partial charge in [-0.1, -0.05) is 42.5 Å². The van der Waals surface area contributed by atoms with Crippen LogP contribution in [0.25, 0.3) is 21.8 Å². The Morgan fingerprint density at radius 2 is 1.58 bits per heavy atom. The van der Waals surface area contributed by atoms with Crippen LogP contribution in [-0.4, -0.2) is 35.6 Å². The summed E-state index contributed by atoms with van der Waals surface area (Å²) in [5, 5.41) is 16.2. The normalized spacial score (nSPS) is 13.0. The van der Waals surface area contributed by atoms with Crippen LogP contribution in [0, 0.1) is 0 Å². The Balaban J connectivity index is 1.18. The first-order valence-corrected chi connectivity index (χ1v) is 16.3. The fourth-order valence-electron chi connectivity index (χ4n) is 4.69. The second-order valence-corrected chi connectivity index (χ2v) is 13.7. The van der Waals surface area contributed by atoms with Gasteiger partial charge in [0.05, 0.1) is 22.3 Å². The Hall–Kier alpha value is -4.10. The fraction of sp³-hybridized carbons (Fsp3) is 0.212. The molecule has 0 saturated heterocycles. The number of anilines is 1. The van der Waals surface area contributed by atoms with Crippen molar-refractivity contribution >= 4 is 27.0 Å². The van der Waals surface area contributed by atoms with Crippen LogP contribution in [0.2, 0.25) is 0 Å². The summed E-state index contributed by atoms with van der Waals surface area (Å²) < 4.78 is 67.4. The molecule has 5 rings (SSSR count). The summed E-state index contributed by atoms with van der Waals surface area (Å²) in [5.41, 5.74) is 2.87. The summed E-state index contributed by atoms with van der Waals surface area (Å²) in [4.78, 5) is 8.64. The molecule has 45 heavy (non-hydrogen) atoms. The summed E-state index contributed by atoms with van der Waals surface area (Å²) in [6.45, 7) is 4.42. The van der Waals surface area contributed by atoms with E-state index < -0.39 is 27.9 Å². The van der Waals surface area contributed by atoms with Gasteiger partial charge in [0.25, 0.3) is 10.0 Å². The number of β-amino-alcohol motifs (C(OH)–C–C–N with tert-alkyl or cyclic N) is 1. The number of alkyl halides is 3. The first-order chi connectivity index (χ1) is 21.3. The number of thiazole rings is 1. The molecule has 1 atom stereocenters. The van der Waals surface area contributed by atoms with Crippen molar-refractivity contribution in [3.63, 3.8) is 0 Å². The highest BCUT2D eigenvalue weighted by Crippen LogP contribution is 2.33. The maximum atomic E-state index is 13.1. The van der Waals surface area contributed by atoms with Crippen molar-refractivity contribution in [2.75, 3.05) is 11.3 Å². The molecule has 0 aliphatic rings. The molecule has 0 radical (unpaired) electrons. The molecule has 3 N–H and O–H groups in total. The zero-order chi connectivity index (χ0) is 32.2. The van der Waals surface area contributed by atoms with Crippen molar-refractivity contribution in [3.05, 3.63) is 119 Å². The van der Waals surface area contributed by atoms with Gasteiger partial charge in [0.15, 0.2) is 0 Å². The summed E-state index contributed by atoms with van der Waals surface area (Å²) in [5.74, 6) is 0. The highest BCUT2D eigenvalue weighted by atomic mass is 32.2. The van der Waals surface area contributed by atoms with Gasteiger partial charge in [-0.3, -0.25) is 9.71 Å². The number of sulfonamides is 1. The number of nitrogens with one attached hydrogen (secondary N) is 2. The zero-order valence-electron chi connectivity index (χ0n) is 24.4. The van der Waals surface area contributed by atoms with Crippen molar-refractivity contribution < 1.29 is 26.7 Å². The number of pyridine rings is 1. The fourth-order valence-corrected chi connectivity index (χ4v) is 6.58. The van der Waals surface area contributed by atoms with Crippen molar-refractivity contribution in [2.24, 2.45) is 0 Å². The number of halogens is 3. The van der Waals surface area contributed by atoms with E-state index in [1.165, 1.54) is 35.6 Å². The van der Waals surface area contributed by atoms with Gasteiger partial charge in [-0.15, -0.1) is 11.3 Å². The van der Waals surface area contributed by atoms with E-state index in [9.17, 15) is 26.7 Å². The average Bonchev–Trinajstić information content (AvgIpc) is 3.51. The van der Waals surface area contributed by atoms with Crippen molar-refractivity contribution in [3.8, 4) is 21.8 Å². The number of aromatic nitrogens is 2. The van der Waals surface area contributed by atoms with E-state index in [4.69, 9.17) is 0 Å². The Kier molecular flexibility index (Phi) is 9.40. The second kappa shape index (κ2) is 13.1. The Morgan fingerprint density at radius 1 is 0.911 bits per heavy atom. The maximum Gasteiger partial charge on any atom is 0.416 e. The molecule has 0 fully saturated rings. The second-order valence-electron chi connectivity index (χ2n) is 11.2. The van der Waals surface area contributed by atoms with E-state index in [2.05, 4.69) is 20.0 Å². The maximum absolute atomic E-state index is 13.1. The van der Waals surface area contributed by atoms with Gasteiger partial charge in [0, 0.05) is 52.2 Å². The Labute approximate surface area is 263 Å². The molecular formula is C33H31F3N4O3S2. The lowest BCUT2D eigenvalue weighted by Crippen LogP contribution is -2.43. The Bertz CT molecular complexity index is 1830. The third kappa shape index (κ3) is 8.34. The molecule has 2 aromatic heterocycles. The number of hydrogen-bond donors (Lipinski definition) is 3. The summed E-state index contributed by atoms with van der Waals surface area (Å²) >= 11 is 1.31. The Morgan fingerprint density at radius 3 is 2.20 bits per heavy atom. The number of rotatable bonds is 11. The molecule has 5 aromatic rings. The predicted molar refractivity (Wildman–Crippen MR) is 170 cm³/mol. The first kappa shape index (κ1) is 32.3. The number of aliphatic hydroxyl groups excluding tert-OH is 1. The smallest absolute Gasteiger partial charge is 0.387 e. The van der Waals surface area contributed by atoms with E-state index in [0.717, 1.165) is 23.3 Å². The first-order valence-electron chi connectivity index (χ1n) is 14.0. The molecule has 0 aliphatic carbocycles.